The van der Waals surface area contributed by atoms with Gasteiger partial charge >= 0.3 is 6.09 Å². The van der Waals surface area contributed by atoms with Crippen LogP contribution in [0.15, 0.2) is 0 Å². The van der Waals surface area contributed by atoms with Crippen molar-refractivity contribution >= 4 is 22.0 Å². The molecule has 92 valence electrons. The van der Waals surface area contributed by atoms with Crippen molar-refractivity contribution < 1.29 is 9.53 Å². The summed E-state index contributed by atoms with van der Waals surface area (Å²) in [6.07, 6.45) is 3.29. The van der Waals surface area contributed by atoms with Crippen LogP contribution in [0.5, 0.6) is 0 Å². The molecule has 4 heteroatoms. The zero-order valence-corrected chi connectivity index (χ0v) is 11.8. The molecule has 1 aliphatic carbocycles. The lowest BCUT2D eigenvalue weighted by molar-refractivity contribution is -0.0981. The van der Waals surface area contributed by atoms with E-state index in [0.29, 0.717) is 0 Å². The standard InChI is InChI=1S/C12H20BrNO2/c1-11(2,3)16-10(15)14-5-4-12(14)6-9(7-12)8-13/h9H,4-8H2,1-3H3. The minimum absolute atomic E-state index is 0.133. The van der Waals surface area contributed by atoms with E-state index in [9.17, 15) is 4.79 Å². The summed E-state index contributed by atoms with van der Waals surface area (Å²) in [6, 6.07) is 0. The molecule has 0 atom stereocenters. The van der Waals surface area contributed by atoms with Crippen molar-refractivity contribution in [2.75, 3.05) is 11.9 Å². The fourth-order valence-electron chi connectivity index (χ4n) is 2.69. The fourth-order valence-corrected chi connectivity index (χ4v) is 3.15. The second-order valence-corrected chi connectivity index (χ2v) is 6.68. The summed E-state index contributed by atoms with van der Waals surface area (Å²) in [5, 5.41) is 1.05. The smallest absolute Gasteiger partial charge is 0.410 e. The number of carbonyl (C=O) groups is 1. The summed E-state index contributed by atoms with van der Waals surface area (Å²) in [6.45, 7) is 6.61. The van der Waals surface area contributed by atoms with E-state index in [2.05, 4.69) is 15.9 Å². The van der Waals surface area contributed by atoms with Gasteiger partial charge in [-0.3, -0.25) is 0 Å². The van der Waals surface area contributed by atoms with Crippen LogP contribution in [0.3, 0.4) is 0 Å². The maximum Gasteiger partial charge on any atom is 0.410 e. The third kappa shape index (κ3) is 2.08. The van der Waals surface area contributed by atoms with Gasteiger partial charge < -0.3 is 9.64 Å². The van der Waals surface area contributed by atoms with E-state index in [1.165, 1.54) is 0 Å². The quantitative estimate of drug-likeness (QED) is 0.694. The number of hydrogen-bond acceptors (Lipinski definition) is 2. The number of ether oxygens (including phenoxy) is 1. The molecule has 1 heterocycles. The SMILES string of the molecule is CC(C)(C)OC(=O)N1CCC12CC(CBr)C2. The number of hydrogen-bond donors (Lipinski definition) is 0. The van der Waals surface area contributed by atoms with Crippen molar-refractivity contribution in [1.82, 2.24) is 4.90 Å². The predicted molar refractivity (Wildman–Crippen MR) is 66.8 cm³/mol. The first kappa shape index (κ1) is 12.2. The molecule has 3 nitrogen and oxygen atoms in total. The molecule has 0 aromatic heterocycles. The molecule has 1 saturated heterocycles. The Morgan fingerprint density at radius 1 is 1.50 bits per heavy atom. The monoisotopic (exact) mass is 289 g/mol. The van der Waals surface area contributed by atoms with E-state index in [1.54, 1.807) is 0 Å². The second-order valence-electron chi connectivity index (χ2n) is 6.03. The molecular weight excluding hydrogens is 270 g/mol. The van der Waals surface area contributed by atoms with E-state index in [4.69, 9.17) is 4.74 Å². The van der Waals surface area contributed by atoms with Crippen molar-refractivity contribution in [3.05, 3.63) is 0 Å². The van der Waals surface area contributed by atoms with E-state index >= 15 is 0 Å². The molecule has 1 aliphatic heterocycles. The lowest BCUT2D eigenvalue weighted by Gasteiger charge is -2.60. The Kier molecular flexibility index (Phi) is 2.97. The number of nitrogens with zero attached hydrogens (tertiary/aromatic N) is 1. The summed E-state index contributed by atoms with van der Waals surface area (Å²) in [4.78, 5) is 13.9. The number of rotatable bonds is 1. The molecule has 1 amide bonds. The van der Waals surface area contributed by atoms with Crippen LogP contribution in [-0.4, -0.2) is 34.0 Å². The van der Waals surface area contributed by atoms with E-state index < -0.39 is 0 Å². The Balaban J connectivity index is 1.90. The Labute approximate surface area is 106 Å². The zero-order chi connectivity index (χ0) is 12.0. The number of halogens is 1. The van der Waals surface area contributed by atoms with Crippen molar-refractivity contribution in [1.29, 1.82) is 0 Å². The van der Waals surface area contributed by atoms with Gasteiger partial charge in [0.05, 0.1) is 0 Å². The third-order valence-electron chi connectivity index (χ3n) is 3.54. The maximum absolute atomic E-state index is 11.9. The first-order valence-electron chi connectivity index (χ1n) is 5.93. The molecule has 0 radical (unpaired) electrons. The molecule has 0 unspecified atom stereocenters. The van der Waals surface area contributed by atoms with Gasteiger partial charge in [-0.05, 0) is 46.0 Å². The van der Waals surface area contributed by atoms with Gasteiger partial charge in [-0.1, -0.05) is 15.9 Å². The lowest BCUT2D eigenvalue weighted by atomic mass is 9.62. The van der Waals surface area contributed by atoms with Gasteiger partial charge in [0.25, 0.3) is 0 Å². The Hall–Kier alpha value is -0.250. The third-order valence-corrected chi connectivity index (χ3v) is 4.46. The Morgan fingerprint density at radius 2 is 2.12 bits per heavy atom. The Bertz CT molecular complexity index is 292. The number of carbonyl (C=O) groups excluding carboxylic acids is 1. The number of amides is 1. The minimum Gasteiger partial charge on any atom is -0.444 e. The van der Waals surface area contributed by atoms with E-state index in [-0.39, 0.29) is 17.2 Å². The van der Waals surface area contributed by atoms with Crippen LogP contribution in [0.1, 0.15) is 40.0 Å². The molecule has 0 aromatic carbocycles. The van der Waals surface area contributed by atoms with Gasteiger partial charge in [-0.15, -0.1) is 0 Å². The molecule has 1 saturated carbocycles. The normalized spacial score (nSPS) is 33.2. The average molecular weight is 290 g/mol. The van der Waals surface area contributed by atoms with Crippen molar-refractivity contribution in [3.8, 4) is 0 Å². The zero-order valence-electron chi connectivity index (χ0n) is 10.3. The molecule has 0 aromatic rings. The first-order valence-corrected chi connectivity index (χ1v) is 7.05. The highest BCUT2D eigenvalue weighted by molar-refractivity contribution is 9.09. The van der Waals surface area contributed by atoms with Gasteiger partial charge in [-0.25, -0.2) is 4.79 Å². The predicted octanol–water partition coefficient (Wildman–Crippen LogP) is 3.17. The number of alkyl halides is 1. The van der Waals surface area contributed by atoms with E-state index in [0.717, 1.165) is 37.1 Å². The summed E-state index contributed by atoms with van der Waals surface area (Å²) in [5.74, 6) is 0.741. The van der Waals surface area contributed by atoms with Crippen LogP contribution in [-0.2, 0) is 4.74 Å². The first-order chi connectivity index (χ1) is 7.36. The Morgan fingerprint density at radius 3 is 2.50 bits per heavy atom. The minimum atomic E-state index is -0.383. The molecule has 16 heavy (non-hydrogen) atoms. The summed E-state index contributed by atoms with van der Waals surface area (Å²) >= 11 is 3.50. The highest BCUT2D eigenvalue weighted by Gasteiger charge is 2.56. The molecule has 2 aliphatic rings. The van der Waals surface area contributed by atoms with Gasteiger partial charge in [0.1, 0.15) is 5.60 Å². The van der Waals surface area contributed by atoms with Gasteiger partial charge in [0.15, 0.2) is 0 Å². The summed E-state index contributed by atoms with van der Waals surface area (Å²) in [5.41, 5.74) is -0.229. The maximum atomic E-state index is 11.9. The molecular formula is C12H20BrNO2. The van der Waals surface area contributed by atoms with Gasteiger partial charge in [0.2, 0.25) is 0 Å². The number of likely N-dealkylation sites (tertiary alicyclic amines) is 1. The van der Waals surface area contributed by atoms with Crippen LogP contribution in [0, 0.1) is 5.92 Å². The fraction of sp³-hybridized carbons (Fsp3) is 0.917. The highest BCUT2D eigenvalue weighted by atomic mass is 79.9. The molecule has 1 spiro atoms. The molecule has 2 rings (SSSR count). The van der Waals surface area contributed by atoms with Crippen LogP contribution >= 0.6 is 15.9 Å². The van der Waals surface area contributed by atoms with Gasteiger partial charge in [-0.2, -0.15) is 0 Å². The van der Waals surface area contributed by atoms with Crippen LogP contribution in [0.25, 0.3) is 0 Å². The lowest BCUT2D eigenvalue weighted by Crippen LogP contribution is -2.68. The summed E-state index contributed by atoms with van der Waals surface area (Å²) in [7, 11) is 0. The largest absolute Gasteiger partial charge is 0.444 e. The van der Waals surface area contributed by atoms with Crippen molar-refractivity contribution in [3.63, 3.8) is 0 Å². The highest BCUT2D eigenvalue weighted by Crippen LogP contribution is 2.51. The molecule has 2 fully saturated rings. The van der Waals surface area contributed by atoms with E-state index in [1.807, 2.05) is 25.7 Å². The molecule has 0 bridgehead atoms. The topological polar surface area (TPSA) is 29.5 Å². The second kappa shape index (κ2) is 3.90. The van der Waals surface area contributed by atoms with Crippen molar-refractivity contribution in [2.24, 2.45) is 5.92 Å². The van der Waals surface area contributed by atoms with Crippen LogP contribution in [0.4, 0.5) is 4.79 Å². The van der Waals surface area contributed by atoms with Crippen LogP contribution in [0.2, 0.25) is 0 Å². The average Bonchev–Trinajstić information content (AvgIpc) is 1.96. The van der Waals surface area contributed by atoms with Gasteiger partial charge in [0, 0.05) is 17.4 Å². The van der Waals surface area contributed by atoms with Crippen molar-refractivity contribution in [2.45, 2.75) is 51.2 Å². The summed E-state index contributed by atoms with van der Waals surface area (Å²) < 4.78 is 5.42. The molecule has 0 N–H and O–H groups in total. The van der Waals surface area contributed by atoms with Crippen LogP contribution < -0.4 is 0 Å².